The average Bonchev–Trinajstić information content (AvgIpc) is 2.56. The van der Waals surface area contributed by atoms with Gasteiger partial charge in [0.2, 0.25) is 0 Å². The van der Waals surface area contributed by atoms with Crippen LogP contribution in [0.4, 0.5) is 0 Å². The highest BCUT2D eigenvalue weighted by molar-refractivity contribution is 8.17. The van der Waals surface area contributed by atoms with Gasteiger partial charge in [0, 0.05) is 43.2 Å². The van der Waals surface area contributed by atoms with Gasteiger partial charge in [0.1, 0.15) is 0 Å². The molecule has 0 bridgehead atoms. The van der Waals surface area contributed by atoms with Gasteiger partial charge in [0.15, 0.2) is 5.17 Å². The summed E-state index contributed by atoms with van der Waals surface area (Å²) in [6.07, 6.45) is 2.40. The van der Waals surface area contributed by atoms with E-state index in [1.807, 2.05) is 11.8 Å². The summed E-state index contributed by atoms with van der Waals surface area (Å²) in [6, 6.07) is 0. The quantitative estimate of drug-likeness (QED) is 0.625. The van der Waals surface area contributed by atoms with E-state index in [9.17, 15) is 0 Å². The van der Waals surface area contributed by atoms with E-state index < -0.39 is 0 Å². The SMILES string of the molecule is C1CN=C2SC3=C(CCNC3)N2C1. The fourth-order valence-electron chi connectivity index (χ4n) is 2.06. The van der Waals surface area contributed by atoms with Crippen molar-refractivity contribution in [2.45, 2.75) is 12.8 Å². The molecular weight excluding hydrogens is 182 g/mol. The first-order valence-corrected chi connectivity index (χ1v) is 5.69. The summed E-state index contributed by atoms with van der Waals surface area (Å²) >= 11 is 1.87. The smallest absolute Gasteiger partial charge is 0.168 e. The van der Waals surface area contributed by atoms with Crippen molar-refractivity contribution in [2.24, 2.45) is 4.99 Å². The number of rotatable bonds is 0. The van der Waals surface area contributed by atoms with Gasteiger partial charge in [-0.15, -0.1) is 0 Å². The maximum absolute atomic E-state index is 4.55. The molecule has 0 unspecified atom stereocenters. The van der Waals surface area contributed by atoms with Crippen LogP contribution in [-0.4, -0.2) is 36.2 Å². The zero-order valence-electron chi connectivity index (χ0n) is 7.55. The molecule has 0 aromatic rings. The molecular formula is C9H13N3S. The zero-order valence-corrected chi connectivity index (χ0v) is 8.36. The molecule has 0 aromatic heterocycles. The molecule has 0 aromatic carbocycles. The van der Waals surface area contributed by atoms with E-state index in [2.05, 4.69) is 15.2 Å². The number of amidine groups is 1. The lowest BCUT2D eigenvalue weighted by atomic mass is 10.2. The van der Waals surface area contributed by atoms with Gasteiger partial charge >= 0.3 is 0 Å². The largest absolute Gasteiger partial charge is 0.324 e. The number of hydrogen-bond acceptors (Lipinski definition) is 4. The Morgan fingerprint density at radius 2 is 2.46 bits per heavy atom. The minimum Gasteiger partial charge on any atom is -0.324 e. The molecule has 0 aliphatic carbocycles. The fraction of sp³-hybridized carbons (Fsp3) is 0.667. The third-order valence-corrected chi connectivity index (χ3v) is 3.86. The van der Waals surface area contributed by atoms with Crippen LogP contribution in [0.25, 0.3) is 0 Å². The third-order valence-electron chi connectivity index (χ3n) is 2.70. The Balaban J connectivity index is 1.94. The maximum Gasteiger partial charge on any atom is 0.168 e. The second-order valence-electron chi connectivity index (χ2n) is 3.57. The van der Waals surface area contributed by atoms with Crippen molar-refractivity contribution < 1.29 is 0 Å². The van der Waals surface area contributed by atoms with Crippen molar-refractivity contribution in [2.75, 3.05) is 26.2 Å². The van der Waals surface area contributed by atoms with Crippen molar-refractivity contribution in [3.8, 4) is 0 Å². The van der Waals surface area contributed by atoms with Crippen LogP contribution < -0.4 is 5.32 Å². The first-order valence-electron chi connectivity index (χ1n) is 4.88. The standard InChI is InChI=1S/C9H13N3S/c1-3-11-9-12(5-1)7-2-4-10-6-8(7)13-9/h10H,1-6H2. The summed E-state index contributed by atoms with van der Waals surface area (Å²) in [5, 5.41) is 4.66. The van der Waals surface area contributed by atoms with E-state index in [0.717, 1.165) is 19.6 Å². The molecule has 3 heterocycles. The van der Waals surface area contributed by atoms with E-state index >= 15 is 0 Å². The minimum atomic E-state index is 1.02. The highest BCUT2D eigenvalue weighted by Crippen LogP contribution is 2.38. The van der Waals surface area contributed by atoms with Gasteiger partial charge in [-0.3, -0.25) is 4.99 Å². The lowest BCUT2D eigenvalue weighted by Crippen LogP contribution is -2.32. The van der Waals surface area contributed by atoms with Gasteiger partial charge in [-0.2, -0.15) is 0 Å². The summed E-state index contributed by atoms with van der Waals surface area (Å²) in [6.45, 7) is 4.39. The molecule has 70 valence electrons. The van der Waals surface area contributed by atoms with Crippen molar-refractivity contribution in [3.63, 3.8) is 0 Å². The monoisotopic (exact) mass is 195 g/mol. The highest BCUT2D eigenvalue weighted by atomic mass is 32.2. The summed E-state index contributed by atoms with van der Waals surface area (Å²) in [5.74, 6) is 0. The van der Waals surface area contributed by atoms with Crippen molar-refractivity contribution in [3.05, 3.63) is 10.6 Å². The predicted molar refractivity (Wildman–Crippen MR) is 55.7 cm³/mol. The van der Waals surface area contributed by atoms with E-state index in [1.165, 1.54) is 29.5 Å². The Labute approximate surface area is 82.3 Å². The van der Waals surface area contributed by atoms with Crippen LogP contribution in [0.3, 0.4) is 0 Å². The lowest BCUT2D eigenvalue weighted by Gasteiger charge is -2.26. The average molecular weight is 195 g/mol. The maximum atomic E-state index is 4.55. The molecule has 0 amide bonds. The second kappa shape index (κ2) is 3.03. The molecule has 3 nitrogen and oxygen atoms in total. The first kappa shape index (κ1) is 7.88. The molecule has 3 aliphatic heterocycles. The molecule has 0 radical (unpaired) electrons. The summed E-state index contributed by atoms with van der Waals surface area (Å²) in [4.78, 5) is 8.48. The third kappa shape index (κ3) is 1.20. The van der Waals surface area contributed by atoms with Crippen LogP contribution >= 0.6 is 11.8 Å². The van der Waals surface area contributed by atoms with Crippen molar-refractivity contribution in [1.29, 1.82) is 0 Å². The number of fused-ring (bicyclic) bond motifs is 2. The van der Waals surface area contributed by atoms with Crippen molar-refractivity contribution in [1.82, 2.24) is 10.2 Å². The normalized spacial score (nSPS) is 27.1. The Bertz CT molecular complexity index is 295. The van der Waals surface area contributed by atoms with E-state index in [1.54, 1.807) is 5.70 Å². The molecule has 3 aliphatic rings. The molecule has 0 saturated heterocycles. The van der Waals surface area contributed by atoms with E-state index in [4.69, 9.17) is 0 Å². The van der Waals surface area contributed by atoms with E-state index in [-0.39, 0.29) is 0 Å². The molecule has 0 atom stereocenters. The predicted octanol–water partition coefficient (Wildman–Crippen LogP) is 1.000. The Morgan fingerprint density at radius 3 is 3.46 bits per heavy atom. The van der Waals surface area contributed by atoms with Crippen LogP contribution in [0.1, 0.15) is 12.8 Å². The molecule has 3 rings (SSSR count). The van der Waals surface area contributed by atoms with Gasteiger partial charge in [-0.05, 0) is 6.42 Å². The second-order valence-corrected chi connectivity index (χ2v) is 4.63. The highest BCUT2D eigenvalue weighted by Gasteiger charge is 2.31. The number of nitrogens with zero attached hydrogens (tertiary/aromatic N) is 2. The van der Waals surface area contributed by atoms with Gasteiger partial charge in [0.25, 0.3) is 0 Å². The fourth-order valence-corrected chi connectivity index (χ4v) is 3.26. The van der Waals surface area contributed by atoms with E-state index in [0.29, 0.717) is 0 Å². The Morgan fingerprint density at radius 1 is 1.46 bits per heavy atom. The van der Waals surface area contributed by atoms with Gasteiger partial charge < -0.3 is 10.2 Å². The minimum absolute atomic E-state index is 1.02. The molecule has 0 saturated carbocycles. The number of aliphatic imine (C=N–C) groups is 1. The Hall–Kier alpha value is -0.480. The molecule has 0 spiro atoms. The van der Waals surface area contributed by atoms with Crippen LogP contribution in [0.2, 0.25) is 0 Å². The number of hydrogen-bond donors (Lipinski definition) is 1. The van der Waals surface area contributed by atoms with Gasteiger partial charge in [0.05, 0.1) is 0 Å². The van der Waals surface area contributed by atoms with Gasteiger partial charge in [-0.1, -0.05) is 11.8 Å². The van der Waals surface area contributed by atoms with Crippen LogP contribution in [-0.2, 0) is 0 Å². The van der Waals surface area contributed by atoms with Gasteiger partial charge in [-0.25, -0.2) is 0 Å². The topological polar surface area (TPSA) is 27.6 Å². The Kier molecular flexibility index (Phi) is 1.84. The lowest BCUT2D eigenvalue weighted by molar-refractivity contribution is 0.453. The van der Waals surface area contributed by atoms with Crippen LogP contribution in [0, 0.1) is 0 Å². The first-order chi connectivity index (χ1) is 6.45. The van der Waals surface area contributed by atoms with Crippen LogP contribution in [0.5, 0.6) is 0 Å². The number of thioether (sulfide) groups is 1. The molecule has 1 N–H and O–H groups in total. The van der Waals surface area contributed by atoms with Crippen LogP contribution in [0.15, 0.2) is 15.6 Å². The summed E-state index contributed by atoms with van der Waals surface area (Å²) in [5.41, 5.74) is 1.54. The number of nitrogens with one attached hydrogen (secondary N) is 1. The molecule has 4 heteroatoms. The van der Waals surface area contributed by atoms with Crippen molar-refractivity contribution >= 4 is 16.9 Å². The zero-order chi connectivity index (χ0) is 8.67. The summed E-state index contributed by atoms with van der Waals surface area (Å²) < 4.78 is 0. The summed E-state index contributed by atoms with van der Waals surface area (Å²) in [7, 11) is 0. The molecule has 0 fully saturated rings. The molecule has 13 heavy (non-hydrogen) atoms.